The van der Waals surface area contributed by atoms with Crippen LogP contribution in [0.2, 0.25) is 0 Å². The molecule has 0 fully saturated rings. The van der Waals surface area contributed by atoms with E-state index in [0.29, 0.717) is 0 Å². The minimum absolute atomic E-state index is 0.931. The lowest BCUT2D eigenvalue weighted by molar-refractivity contribution is 1.32. The van der Waals surface area contributed by atoms with Gasteiger partial charge in [-0.05, 0) is 12.1 Å². The van der Waals surface area contributed by atoms with Crippen LogP contribution in [0, 0.1) is 0 Å². The molecule has 0 radical (unpaired) electrons. The lowest BCUT2D eigenvalue weighted by Crippen LogP contribution is -2.06. The molecule has 27 heavy (non-hydrogen) atoms. The zero-order valence-electron chi connectivity index (χ0n) is 17.6. The summed E-state index contributed by atoms with van der Waals surface area (Å²) >= 11 is 0. The molecule has 0 aliphatic heterocycles. The molecule has 1 N–H and O–H groups in total. The first-order chi connectivity index (χ1) is 13.4. The molecule has 144 valence electrons. The van der Waals surface area contributed by atoms with E-state index in [1.54, 1.807) is 0 Å². The van der Waals surface area contributed by atoms with E-state index < -0.39 is 0 Å². The van der Waals surface area contributed by atoms with Gasteiger partial charge in [0.1, 0.15) is 0 Å². The number of benzene rings is 3. The molecular formula is C25H34N2. The second-order valence-corrected chi connectivity index (χ2v) is 4.67. The maximum absolute atomic E-state index is 4.60. The standard InChI is InChI=1S/C19H16N2.3C2H6/c1-4-10-16(11-5-1)19(17-12-6-2-7-13-17)21-20-18-14-8-3-9-15-18;3*1-2/h1-15,20H;3*1-2H3. The predicted molar refractivity (Wildman–Crippen MR) is 123 cm³/mol. The molecule has 0 atom stereocenters. The smallest absolute Gasteiger partial charge is 0.0977 e. The van der Waals surface area contributed by atoms with E-state index in [-0.39, 0.29) is 0 Å². The summed E-state index contributed by atoms with van der Waals surface area (Å²) in [6, 6.07) is 30.4. The molecule has 0 aliphatic rings. The van der Waals surface area contributed by atoms with Crippen molar-refractivity contribution in [1.29, 1.82) is 0 Å². The van der Waals surface area contributed by atoms with E-state index in [1.807, 2.05) is 108 Å². The van der Waals surface area contributed by atoms with Crippen molar-refractivity contribution in [3.63, 3.8) is 0 Å². The molecule has 0 unspecified atom stereocenters. The normalized spacial score (nSPS) is 8.37. The van der Waals surface area contributed by atoms with E-state index in [1.165, 1.54) is 0 Å². The lowest BCUT2D eigenvalue weighted by Gasteiger charge is -2.08. The van der Waals surface area contributed by atoms with Gasteiger partial charge in [0.2, 0.25) is 0 Å². The Hall–Kier alpha value is -2.87. The maximum atomic E-state index is 4.60. The van der Waals surface area contributed by atoms with Crippen LogP contribution in [0.3, 0.4) is 0 Å². The van der Waals surface area contributed by atoms with Crippen LogP contribution in [-0.2, 0) is 0 Å². The summed E-state index contributed by atoms with van der Waals surface area (Å²) in [5.74, 6) is 0. The third kappa shape index (κ3) is 8.87. The van der Waals surface area contributed by atoms with Gasteiger partial charge in [-0.2, -0.15) is 5.10 Å². The Morgan fingerprint density at radius 2 is 0.852 bits per heavy atom. The Kier molecular flexibility index (Phi) is 14.8. The summed E-state index contributed by atoms with van der Waals surface area (Å²) in [6.45, 7) is 12.0. The molecule has 0 aliphatic carbocycles. The Balaban J connectivity index is 0.00000103. The summed E-state index contributed by atoms with van der Waals surface area (Å²) in [5, 5.41) is 4.60. The quantitative estimate of drug-likeness (QED) is 0.374. The van der Waals surface area contributed by atoms with Crippen LogP contribution in [0.4, 0.5) is 5.69 Å². The van der Waals surface area contributed by atoms with Gasteiger partial charge in [0.15, 0.2) is 0 Å². The Labute approximate surface area is 166 Å². The topological polar surface area (TPSA) is 24.4 Å². The minimum atomic E-state index is 0.931. The summed E-state index contributed by atoms with van der Waals surface area (Å²) in [4.78, 5) is 0. The molecule has 0 saturated carbocycles. The fraction of sp³-hybridized carbons (Fsp3) is 0.240. The fourth-order valence-corrected chi connectivity index (χ4v) is 2.12. The molecule has 0 heterocycles. The number of anilines is 1. The number of hydrazone groups is 1. The van der Waals surface area contributed by atoms with Gasteiger partial charge in [-0.15, -0.1) is 0 Å². The summed E-state index contributed by atoms with van der Waals surface area (Å²) < 4.78 is 0. The average Bonchev–Trinajstić information content (AvgIpc) is 2.80. The van der Waals surface area contributed by atoms with Gasteiger partial charge < -0.3 is 0 Å². The number of rotatable bonds is 4. The molecule has 3 aromatic carbocycles. The Bertz CT molecular complexity index is 664. The van der Waals surface area contributed by atoms with Gasteiger partial charge in [-0.1, -0.05) is 120 Å². The summed E-state index contributed by atoms with van der Waals surface area (Å²) in [5.41, 5.74) is 7.21. The van der Waals surface area contributed by atoms with Crippen LogP contribution in [0.1, 0.15) is 52.7 Å². The summed E-state index contributed by atoms with van der Waals surface area (Å²) in [7, 11) is 0. The van der Waals surface area contributed by atoms with Gasteiger partial charge >= 0.3 is 0 Å². The van der Waals surface area contributed by atoms with E-state index >= 15 is 0 Å². The SMILES string of the molecule is CC.CC.CC.c1ccc(NN=C(c2ccccc2)c2ccccc2)cc1. The predicted octanol–water partition coefficient (Wildman–Crippen LogP) is 7.63. The zero-order chi connectivity index (χ0) is 20.3. The van der Waals surface area contributed by atoms with Crippen LogP contribution in [0.25, 0.3) is 0 Å². The first kappa shape index (κ1) is 24.1. The number of hydrogen-bond acceptors (Lipinski definition) is 2. The van der Waals surface area contributed by atoms with E-state index in [0.717, 1.165) is 22.5 Å². The Morgan fingerprint density at radius 3 is 1.22 bits per heavy atom. The highest BCUT2D eigenvalue weighted by Crippen LogP contribution is 2.12. The van der Waals surface area contributed by atoms with E-state index in [9.17, 15) is 0 Å². The van der Waals surface area contributed by atoms with Gasteiger partial charge in [-0.25, -0.2) is 0 Å². The van der Waals surface area contributed by atoms with Crippen LogP contribution < -0.4 is 5.43 Å². The first-order valence-corrected chi connectivity index (χ1v) is 9.93. The summed E-state index contributed by atoms with van der Waals surface area (Å²) in [6.07, 6.45) is 0. The van der Waals surface area contributed by atoms with Crippen molar-refractivity contribution in [2.24, 2.45) is 5.10 Å². The lowest BCUT2D eigenvalue weighted by atomic mass is 10.0. The number of nitrogens with one attached hydrogen (secondary N) is 1. The van der Waals surface area contributed by atoms with Crippen molar-refractivity contribution < 1.29 is 0 Å². The van der Waals surface area contributed by atoms with Gasteiger partial charge in [0, 0.05) is 11.1 Å². The molecule has 0 bridgehead atoms. The third-order valence-corrected chi connectivity index (χ3v) is 3.17. The van der Waals surface area contributed by atoms with E-state index in [4.69, 9.17) is 0 Å². The van der Waals surface area contributed by atoms with E-state index in [2.05, 4.69) is 34.8 Å². The van der Waals surface area contributed by atoms with Crippen molar-refractivity contribution >= 4 is 11.4 Å². The second kappa shape index (κ2) is 16.6. The number of para-hydroxylation sites is 1. The average molecular weight is 363 g/mol. The highest BCUT2D eigenvalue weighted by atomic mass is 15.3. The Morgan fingerprint density at radius 1 is 0.519 bits per heavy atom. The van der Waals surface area contributed by atoms with Crippen LogP contribution in [-0.4, -0.2) is 5.71 Å². The largest absolute Gasteiger partial charge is 0.278 e. The first-order valence-electron chi connectivity index (χ1n) is 9.93. The molecule has 0 amide bonds. The molecule has 2 nitrogen and oxygen atoms in total. The molecule has 0 aromatic heterocycles. The minimum Gasteiger partial charge on any atom is -0.278 e. The third-order valence-electron chi connectivity index (χ3n) is 3.17. The molecule has 0 saturated heterocycles. The van der Waals surface area contributed by atoms with Crippen LogP contribution in [0.15, 0.2) is 96.1 Å². The molecule has 2 heteroatoms. The van der Waals surface area contributed by atoms with Crippen LogP contribution in [0.5, 0.6) is 0 Å². The van der Waals surface area contributed by atoms with Gasteiger partial charge in [0.25, 0.3) is 0 Å². The van der Waals surface area contributed by atoms with Crippen LogP contribution >= 0.6 is 0 Å². The van der Waals surface area contributed by atoms with Gasteiger partial charge in [-0.3, -0.25) is 5.43 Å². The van der Waals surface area contributed by atoms with Crippen molar-refractivity contribution in [3.05, 3.63) is 102 Å². The second-order valence-electron chi connectivity index (χ2n) is 4.67. The zero-order valence-corrected chi connectivity index (χ0v) is 17.6. The van der Waals surface area contributed by atoms with Gasteiger partial charge in [0.05, 0.1) is 11.4 Å². The molecular weight excluding hydrogens is 328 g/mol. The highest BCUT2D eigenvalue weighted by Gasteiger charge is 2.06. The molecule has 0 spiro atoms. The van der Waals surface area contributed by atoms with Crippen molar-refractivity contribution in [3.8, 4) is 0 Å². The van der Waals surface area contributed by atoms with Crippen molar-refractivity contribution in [2.75, 3.05) is 5.43 Å². The maximum Gasteiger partial charge on any atom is 0.0977 e. The monoisotopic (exact) mass is 362 g/mol. The van der Waals surface area contributed by atoms with Crippen molar-refractivity contribution in [1.82, 2.24) is 0 Å². The fourth-order valence-electron chi connectivity index (χ4n) is 2.12. The molecule has 3 rings (SSSR count). The van der Waals surface area contributed by atoms with Crippen molar-refractivity contribution in [2.45, 2.75) is 41.5 Å². The number of hydrogen-bond donors (Lipinski definition) is 1. The molecule has 3 aromatic rings. The number of nitrogens with zero attached hydrogens (tertiary/aromatic N) is 1. The highest BCUT2D eigenvalue weighted by molar-refractivity contribution is 6.13.